The van der Waals surface area contributed by atoms with E-state index in [9.17, 15) is 0 Å². The Balaban J connectivity index is 2.32. The fraction of sp³-hybridized carbons (Fsp3) is 0.611. The summed E-state index contributed by atoms with van der Waals surface area (Å²) >= 11 is 0. The van der Waals surface area contributed by atoms with Gasteiger partial charge in [-0.25, -0.2) is 4.99 Å². The molecular weight excluding hydrogens is 246 g/mol. The summed E-state index contributed by atoms with van der Waals surface area (Å²) in [4.78, 5) is 4.72. The Hall–Kier alpha value is -1.31. The van der Waals surface area contributed by atoms with Crippen LogP contribution in [0.5, 0.6) is 0 Å². The first kappa shape index (κ1) is 15.1. The Morgan fingerprint density at radius 2 is 1.90 bits per heavy atom. The van der Waals surface area contributed by atoms with Gasteiger partial charge in [0.2, 0.25) is 5.90 Å². The van der Waals surface area contributed by atoms with Crippen molar-refractivity contribution in [1.29, 1.82) is 0 Å². The van der Waals surface area contributed by atoms with Gasteiger partial charge in [0.1, 0.15) is 6.61 Å². The molecule has 1 aromatic carbocycles. The van der Waals surface area contributed by atoms with Gasteiger partial charge in [-0.15, -0.1) is 0 Å². The number of benzene rings is 1. The topological polar surface area (TPSA) is 21.6 Å². The quantitative estimate of drug-likeness (QED) is 0.776. The third-order valence-corrected chi connectivity index (χ3v) is 3.61. The Kier molecular flexibility index (Phi) is 3.95. The van der Waals surface area contributed by atoms with Gasteiger partial charge < -0.3 is 4.74 Å². The average molecular weight is 273 g/mol. The van der Waals surface area contributed by atoms with Gasteiger partial charge in [-0.1, -0.05) is 45.9 Å². The highest BCUT2D eigenvalue weighted by atomic mass is 16.5. The normalized spacial score (nSPS) is 19.4. The molecule has 0 fully saturated rings. The van der Waals surface area contributed by atoms with Crippen molar-refractivity contribution in [3.8, 4) is 0 Å². The van der Waals surface area contributed by atoms with Crippen molar-refractivity contribution in [3.05, 3.63) is 35.4 Å². The minimum Gasteiger partial charge on any atom is -0.475 e. The number of hydrogen-bond donors (Lipinski definition) is 0. The molecule has 2 heteroatoms. The van der Waals surface area contributed by atoms with Crippen LogP contribution in [0.15, 0.2) is 29.3 Å². The molecule has 1 aliphatic rings. The zero-order valence-electron chi connectivity index (χ0n) is 13.7. The predicted molar refractivity (Wildman–Crippen MR) is 85.5 cm³/mol. The summed E-state index contributed by atoms with van der Waals surface area (Å²) in [5.41, 5.74) is 2.73. The van der Waals surface area contributed by atoms with Crippen molar-refractivity contribution in [1.82, 2.24) is 0 Å². The molecule has 1 aromatic rings. The maximum atomic E-state index is 5.83. The van der Waals surface area contributed by atoms with Crippen LogP contribution in [0, 0.1) is 5.41 Å². The third kappa shape index (κ3) is 3.62. The fourth-order valence-electron chi connectivity index (χ4n) is 2.87. The van der Waals surface area contributed by atoms with Crippen LogP contribution in [0.25, 0.3) is 0 Å². The van der Waals surface area contributed by atoms with Gasteiger partial charge >= 0.3 is 0 Å². The first-order valence-corrected chi connectivity index (χ1v) is 7.50. The second-order valence-electron chi connectivity index (χ2n) is 7.77. The first-order chi connectivity index (χ1) is 9.18. The molecular formula is C18H27NO. The van der Waals surface area contributed by atoms with E-state index >= 15 is 0 Å². The SMILES string of the molecule is CC(CC(C)(C)C)c1ccccc1C1=NC(C)(C)CO1. The number of aliphatic imine (C=N–C) groups is 1. The first-order valence-electron chi connectivity index (χ1n) is 7.50. The molecule has 0 spiro atoms. The highest BCUT2D eigenvalue weighted by Gasteiger charge is 2.29. The number of nitrogens with zero attached hydrogens (tertiary/aromatic N) is 1. The molecule has 20 heavy (non-hydrogen) atoms. The van der Waals surface area contributed by atoms with Gasteiger partial charge in [-0.05, 0) is 43.2 Å². The van der Waals surface area contributed by atoms with E-state index in [1.807, 2.05) is 0 Å². The van der Waals surface area contributed by atoms with E-state index in [-0.39, 0.29) is 5.54 Å². The molecule has 0 amide bonds. The van der Waals surface area contributed by atoms with E-state index in [2.05, 4.69) is 65.8 Å². The molecule has 1 heterocycles. The van der Waals surface area contributed by atoms with Crippen molar-refractivity contribution >= 4 is 5.90 Å². The maximum absolute atomic E-state index is 5.83. The van der Waals surface area contributed by atoms with E-state index in [1.165, 1.54) is 5.56 Å². The minimum atomic E-state index is -0.101. The molecule has 1 unspecified atom stereocenters. The largest absolute Gasteiger partial charge is 0.475 e. The lowest BCUT2D eigenvalue weighted by molar-refractivity contribution is 0.279. The van der Waals surface area contributed by atoms with Crippen LogP contribution in [-0.2, 0) is 4.74 Å². The summed E-state index contributed by atoms with van der Waals surface area (Å²) in [7, 11) is 0. The van der Waals surface area contributed by atoms with Crippen molar-refractivity contribution in [3.63, 3.8) is 0 Å². The molecule has 2 rings (SSSR count). The number of ether oxygens (including phenoxy) is 1. The van der Waals surface area contributed by atoms with Crippen molar-refractivity contribution in [2.45, 2.75) is 59.4 Å². The molecule has 0 radical (unpaired) electrons. The van der Waals surface area contributed by atoms with Crippen LogP contribution in [-0.4, -0.2) is 18.0 Å². The van der Waals surface area contributed by atoms with Crippen LogP contribution >= 0.6 is 0 Å². The molecule has 0 aliphatic carbocycles. The molecule has 0 N–H and O–H groups in total. The standard InChI is InChI=1S/C18H27NO/c1-13(11-17(2,3)4)14-9-7-8-10-15(14)16-19-18(5,6)12-20-16/h7-10,13H,11-12H2,1-6H3. The summed E-state index contributed by atoms with van der Waals surface area (Å²) in [5, 5.41) is 0. The second kappa shape index (κ2) is 5.23. The zero-order chi connectivity index (χ0) is 15.0. The Morgan fingerprint density at radius 3 is 2.45 bits per heavy atom. The number of rotatable bonds is 3. The summed E-state index contributed by atoms with van der Waals surface area (Å²) in [5.74, 6) is 1.31. The zero-order valence-corrected chi connectivity index (χ0v) is 13.7. The predicted octanol–water partition coefficient (Wildman–Crippen LogP) is 4.78. The summed E-state index contributed by atoms with van der Waals surface area (Å²) in [6.07, 6.45) is 1.15. The van der Waals surface area contributed by atoms with Gasteiger partial charge in [0.15, 0.2) is 0 Å². The van der Waals surface area contributed by atoms with Crippen LogP contribution in [0.3, 0.4) is 0 Å². The van der Waals surface area contributed by atoms with Crippen LogP contribution in [0.2, 0.25) is 0 Å². The van der Waals surface area contributed by atoms with E-state index in [0.717, 1.165) is 17.9 Å². The van der Waals surface area contributed by atoms with Gasteiger partial charge in [0.25, 0.3) is 0 Å². The summed E-state index contributed by atoms with van der Waals surface area (Å²) < 4.78 is 5.83. The van der Waals surface area contributed by atoms with Crippen molar-refractivity contribution in [2.75, 3.05) is 6.61 Å². The molecule has 0 saturated carbocycles. The minimum absolute atomic E-state index is 0.101. The van der Waals surface area contributed by atoms with Crippen LogP contribution in [0.4, 0.5) is 0 Å². The highest BCUT2D eigenvalue weighted by Crippen LogP contribution is 2.33. The lowest BCUT2D eigenvalue weighted by atomic mass is 9.81. The lowest BCUT2D eigenvalue weighted by Crippen LogP contribution is -2.17. The highest BCUT2D eigenvalue weighted by molar-refractivity contribution is 5.97. The van der Waals surface area contributed by atoms with Gasteiger partial charge in [-0.3, -0.25) is 0 Å². The molecule has 1 aliphatic heterocycles. The molecule has 0 saturated heterocycles. The second-order valence-corrected chi connectivity index (χ2v) is 7.77. The van der Waals surface area contributed by atoms with E-state index < -0.39 is 0 Å². The third-order valence-electron chi connectivity index (χ3n) is 3.61. The fourth-order valence-corrected chi connectivity index (χ4v) is 2.87. The van der Waals surface area contributed by atoms with Gasteiger partial charge in [0, 0.05) is 5.56 Å². The number of hydrogen-bond acceptors (Lipinski definition) is 2. The molecule has 0 bridgehead atoms. The Morgan fingerprint density at radius 1 is 1.25 bits per heavy atom. The van der Waals surface area contributed by atoms with Crippen LogP contribution < -0.4 is 0 Å². The molecule has 2 nitrogen and oxygen atoms in total. The molecule has 1 atom stereocenters. The summed E-state index contributed by atoms with van der Waals surface area (Å²) in [6, 6.07) is 8.52. The van der Waals surface area contributed by atoms with Crippen molar-refractivity contribution < 1.29 is 4.74 Å². The van der Waals surface area contributed by atoms with Gasteiger partial charge in [0.05, 0.1) is 5.54 Å². The molecule has 0 aromatic heterocycles. The Labute approximate surface area is 123 Å². The monoisotopic (exact) mass is 273 g/mol. The van der Waals surface area contributed by atoms with Crippen LogP contribution in [0.1, 0.15) is 65.0 Å². The molecule has 110 valence electrons. The van der Waals surface area contributed by atoms with Gasteiger partial charge in [-0.2, -0.15) is 0 Å². The maximum Gasteiger partial charge on any atom is 0.217 e. The van der Waals surface area contributed by atoms with E-state index in [0.29, 0.717) is 17.9 Å². The average Bonchev–Trinajstić information content (AvgIpc) is 2.67. The lowest BCUT2D eigenvalue weighted by Gasteiger charge is -2.25. The van der Waals surface area contributed by atoms with E-state index in [1.54, 1.807) is 0 Å². The smallest absolute Gasteiger partial charge is 0.217 e. The van der Waals surface area contributed by atoms with Crippen molar-refractivity contribution in [2.24, 2.45) is 10.4 Å². The van der Waals surface area contributed by atoms with E-state index in [4.69, 9.17) is 9.73 Å². The summed E-state index contributed by atoms with van der Waals surface area (Å²) in [6.45, 7) is 14.1. The Bertz CT molecular complexity index is 508.